The number of hydrogen-bond acceptors (Lipinski definition) is 7. The van der Waals surface area contributed by atoms with Gasteiger partial charge in [-0.15, -0.1) is 0 Å². The number of aromatic nitrogens is 1. The average molecular weight is 379 g/mol. The molecule has 136 valence electrons. The molecular formula is C19H17N5O2S. The summed E-state index contributed by atoms with van der Waals surface area (Å²) >= 11 is 1.00. The first-order valence-electron chi connectivity index (χ1n) is 7.79. The highest BCUT2D eigenvalue weighted by molar-refractivity contribution is 8.00. The number of nitrogen functional groups attached to an aromatic ring is 1. The van der Waals surface area contributed by atoms with Gasteiger partial charge in [0, 0.05) is 5.56 Å². The summed E-state index contributed by atoms with van der Waals surface area (Å²) in [6.07, 6.45) is 0. The predicted octanol–water partition coefficient (Wildman–Crippen LogP) is 2.61. The number of ether oxygens (including phenoxy) is 1. The maximum atomic E-state index is 11.1. The number of nitrogens with zero attached hydrogens (tertiary/aromatic N) is 3. The Morgan fingerprint density at radius 2 is 1.89 bits per heavy atom. The number of rotatable bonds is 7. The zero-order chi connectivity index (χ0) is 20.0. The SMILES string of the molecule is C=C(C)COc1ccc(-c2c(C#N)c(N)nc(SCC(N)=O)c2C#N)cc1. The maximum Gasteiger partial charge on any atom is 0.227 e. The van der Waals surface area contributed by atoms with Gasteiger partial charge in [-0.3, -0.25) is 4.79 Å². The van der Waals surface area contributed by atoms with E-state index >= 15 is 0 Å². The minimum atomic E-state index is -0.547. The number of amides is 1. The van der Waals surface area contributed by atoms with Crippen LogP contribution in [-0.2, 0) is 4.79 Å². The Hall–Kier alpha value is -3.49. The van der Waals surface area contributed by atoms with Crippen LogP contribution in [0.5, 0.6) is 5.75 Å². The second-order valence-corrected chi connectivity index (χ2v) is 6.64. The first-order chi connectivity index (χ1) is 12.9. The maximum absolute atomic E-state index is 11.1. The van der Waals surface area contributed by atoms with Gasteiger partial charge in [0.15, 0.2) is 0 Å². The molecular weight excluding hydrogens is 362 g/mol. The molecule has 7 nitrogen and oxygen atoms in total. The zero-order valence-corrected chi connectivity index (χ0v) is 15.5. The monoisotopic (exact) mass is 379 g/mol. The van der Waals surface area contributed by atoms with Gasteiger partial charge < -0.3 is 16.2 Å². The van der Waals surface area contributed by atoms with Gasteiger partial charge in [-0.25, -0.2) is 4.98 Å². The van der Waals surface area contributed by atoms with E-state index in [0.29, 0.717) is 23.5 Å². The van der Waals surface area contributed by atoms with Gasteiger partial charge in [0.2, 0.25) is 5.91 Å². The van der Waals surface area contributed by atoms with Crippen molar-refractivity contribution in [3.63, 3.8) is 0 Å². The Bertz CT molecular complexity index is 972. The van der Waals surface area contributed by atoms with Crippen molar-refractivity contribution in [2.24, 2.45) is 5.73 Å². The van der Waals surface area contributed by atoms with Crippen LogP contribution in [0.1, 0.15) is 18.1 Å². The number of carbonyl (C=O) groups excluding carboxylic acids is 1. The van der Waals surface area contributed by atoms with Gasteiger partial charge in [-0.05, 0) is 30.2 Å². The van der Waals surface area contributed by atoms with Crippen LogP contribution in [-0.4, -0.2) is 23.3 Å². The number of carbonyl (C=O) groups is 1. The quantitative estimate of drug-likeness (QED) is 0.557. The second kappa shape index (κ2) is 8.75. The van der Waals surface area contributed by atoms with Crippen LogP contribution in [0.15, 0.2) is 41.4 Å². The number of hydrogen-bond donors (Lipinski definition) is 2. The van der Waals surface area contributed by atoms with E-state index < -0.39 is 5.91 Å². The molecule has 1 amide bonds. The summed E-state index contributed by atoms with van der Waals surface area (Å²) in [7, 11) is 0. The summed E-state index contributed by atoms with van der Waals surface area (Å²) in [5.41, 5.74) is 13.2. The molecule has 2 aromatic rings. The van der Waals surface area contributed by atoms with Crippen molar-refractivity contribution in [3.8, 4) is 29.0 Å². The summed E-state index contributed by atoms with van der Waals surface area (Å²) in [5, 5.41) is 19.4. The molecule has 0 radical (unpaired) electrons. The van der Waals surface area contributed by atoms with E-state index in [0.717, 1.165) is 17.3 Å². The molecule has 0 bridgehead atoms. The number of pyridine rings is 1. The number of nitrogens with two attached hydrogens (primary N) is 2. The Kier molecular flexibility index (Phi) is 6.42. The molecule has 0 saturated carbocycles. The highest BCUT2D eigenvalue weighted by Gasteiger charge is 2.20. The van der Waals surface area contributed by atoms with Crippen molar-refractivity contribution in [1.82, 2.24) is 4.98 Å². The summed E-state index contributed by atoms with van der Waals surface area (Å²) in [4.78, 5) is 15.2. The van der Waals surface area contributed by atoms with Gasteiger partial charge in [-0.1, -0.05) is 30.5 Å². The van der Waals surface area contributed by atoms with E-state index in [2.05, 4.69) is 17.6 Å². The number of primary amides is 1. The minimum Gasteiger partial charge on any atom is -0.489 e. The normalized spacial score (nSPS) is 9.89. The molecule has 0 aliphatic carbocycles. The zero-order valence-electron chi connectivity index (χ0n) is 14.7. The van der Waals surface area contributed by atoms with Crippen LogP contribution in [0.25, 0.3) is 11.1 Å². The minimum absolute atomic E-state index is 0.0129. The molecule has 0 spiro atoms. The van der Waals surface area contributed by atoms with Crippen molar-refractivity contribution in [2.75, 3.05) is 18.1 Å². The van der Waals surface area contributed by atoms with Gasteiger partial charge >= 0.3 is 0 Å². The molecule has 0 atom stereocenters. The van der Waals surface area contributed by atoms with E-state index in [-0.39, 0.29) is 27.7 Å². The van der Waals surface area contributed by atoms with Gasteiger partial charge in [-0.2, -0.15) is 10.5 Å². The number of anilines is 1. The van der Waals surface area contributed by atoms with Crippen molar-refractivity contribution < 1.29 is 9.53 Å². The van der Waals surface area contributed by atoms with Crippen LogP contribution in [0, 0.1) is 22.7 Å². The summed E-state index contributed by atoms with van der Waals surface area (Å²) in [6.45, 7) is 6.03. The molecule has 1 heterocycles. The van der Waals surface area contributed by atoms with Gasteiger partial charge in [0.25, 0.3) is 0 Å². The molecule has 0 aliphatic rings. The van der Waals surface area contributed by atoms with Crippen LogP contribution >= 0.6 is 11.8 Å². The van der Waals surface area contributed by atoms with Crippen LogP contribution in [0.3, 0.4) is 0 Å². The standard InChI is InChI=1S/C19H17N5O2S/c1-11(2)9-26-13-5-3-12(4-6-13)17-14(7-20)18(23)24-19(15(17)8-21)27-10-16(22)25/h3-6H,1,9-10H2,2H3,(H2,22,25)(H2,23,24). The molecule has 0 saturated heterocycles. The summed E-state index contributed by atoms with van der Waals surface area (Å²) in [5.74, 6) is 0.0135. The molecule has 8 heteroatoms. The Morgan fingerprint density at radius 1 is 1.26 bits per heavy atom. The largest absolute Gasteiger partial charge is 0.489 e. The smallest absolute Gasteiger partial charge is 0.227 e. The molecule has 1 aromatic carbocycles. The third kappa shape index (κ3) is 4.78. The lowest BCUT2D eigenvalue weighted by atomic mass is 9.97. The Balaban J connectivity index is 2.53. The van der Waals surface area contributed by atoms with E-state index in [1.807, 2.05) is 13.0 Å². The molecule has 4 N–H and O–H groups in total. The predicted molar refractivity (Wildman–Crippen MR) is 104 cm³/mol. The van der Waals surface area contributed by atoms with E-state index in [1.54, 1.807) is 24.3 Å². The first-order valence-corrected chi connectivity index (χ1v) is 8.78. The van der Waals surface area contributed by atoms with Crippen molar-refractivity contribution in [3.05, 3.63) is 47.5 Å². The molecule has 1 aromatic heterocycles. The highest BCUT2D eigenvalue weighted by atomic mass is 32.2. The van der Waals surface area contributed by atoms with Crippen LogP contribution in [0.2, 0.25) is 0 Å². The van der Waals surface area contributed by atoms with Crippen molar-refractivity contribution in [2.45, 2.75) is 11.9 Å². The number of nitriles is 2. The molecule has 0 unspecified atom stereocenters. The summed E-state index contributed by atoms with van der Waals surface area (Å²) < 4.78 is 5.56. The number of benzene rings is 1. The third-order valence-corrected chi connectivity index (χ3v) is 4.39. The van der Waals surface area contributed by atoms with E-state index in [9.17, 15) is 15.3 Å². The first kappa shape index (κ1) is 19.8. The molecule has 2 rings (SSSR count). The topological polar surface area (TPSA) is 139 Å². The fourth-order valence-corrected chi connectivity index (χ4v) is 2.99. The second-order valence-electron chi connectivity index (χ2n) is 5.68. The van der Waals surface area contributed by atoms with Crippen LogP contribution < -0.4 is 16.2 Å². The lowest BCUT2D eigenvalue weighted by Gasteiger charge is -2.13. The summed E-state index contributed by atoms with van der Waals surface area (Å²) in [6, 6.07) is 11.0. The van der Waals surface area contributed by atoms with Crippen molar-refractivity contribution in [1.29, 1.82) is 10.5 Å². The fourth-order valence-electron chi connectivity index (χ4n) is 2.26. The molecule has 0 aliphatic heterocycles. The van der Waals surface area contributed by atoms with Gasteiger partial charge in [0.05, 0.1) is 11.3 Å². The Labute approximate surface area is 161 Å². The third-order valence-electron chi connectivity index (χ3n) is 3.39. The number of thioether (sulfide) groups is 1. The highest BCUT2D eigenvalue weighted by Crippen LogP contribution is 2.36. The average Bonchev–Trinajstić information content (AvgIpc) is 2.64. The molecule has 27 heavy (non-hydrogen) atoms. The fraction of sp³-hybridized carbons (Fsp3) is 0.158. The van der Waals surface area contributed by atoms with E-state index in [1.165, 1.54) is 0 Å². The van der Waals surface area contributed by atoms with Crippen molar-refractivity contribution >= 4 is 23.5 Å². The Morgan fingerprint density at radius 3 is 2.41 bits per heavy atom. The molecule has 0 fully saturated rings. The van der Waals surface area contributed by atoms with Crippen LogP contribution in [0.4, 0.5) is 5.82 Å². The van der Waals surface area contributed by atoms with Gasteiger partial charge in [0.1, 0.15) is 40.9 Å². The lowest BCUT2D eigenvalue weighted by molar-refractivity contribution is -0.115. The lowest BCUT2D eigenvalue weighted by Crippen LogP contribution is -2.14. The van der Waals surface area contributed by atoms with E-state index in [4.69, 9.17) is 16.2 Å².